The van der Waals surface area contributed by atoms with Crippen molar-refractivity contribution in [2.75, 3.05) is 0 Å². The van der Waals surface area contributed by atoms with E-state index in [1.54, 1.807) is 18.2 Å². The first-order valence-corrected chi connectivity index (χ1v) is 13.3. The molecule has 0 aliphatic heterocycles. The van der Waals surface area contributed by atoms with Crippen molar-refractivity contribution < 1.29 is 8.42 Å². The molecular weight excluding hydrogens is 468 g/mol. The van der Waals surface area contributed by atoms with E-state index >= 15 is 0 Å². The van der Waals surface area contributed by atoms with Crippen LogP contribution in [0.2, 0.25) is 0 Å². The van der Waals surface area contributed by atoms with Crippen molar-refractivity contribution in [1.29, 1.82) is 0 Å². The van der Waals surface area contributed by atoms with E-state index in [4.69, 9.17) is 25.6 Å². The van der Waals surface area contributed by atoms with Crippen LogP contribution in [0.15, 0.2) is 65.6 Å². The van der Waals surface area contributed by atoms with Gasteiger partial charge in [0.2, 0.25) is 0 Å². The summed E-state index contributed by atoms with van der Waals surface area (Å²) in [7, 11) is 1.75. The third-order valence-corrected chi connectivity index (χ3v) is 7.32. The largest absolute Gasteiger partial charge is 0.308 e. The first-order valence-electron chi connectivity index (χ1n) is 11.0. The molecule has 0 aliphatic rings. The Hall–Kier alpha value is -3.29. The minimum Gasteiger partial charge on any atom is -0.308 e. The molecule has 34 heavy (non-hydrogen) atoms. The lowest BCUT2D eigenvalue weighted by molar-refractivity contribution is 0.610. The van der Waals surface area contributed by atoms with Crippen molar-refractivity contribution in [1.82, 2.24) is 19.5 Å². The molecule has 0 bridgehead atoms. The molecule has 6 nitrogen and oxygen atoms in total. The Kier molecular flexibility index (Phi) is 5.62. The lowest BCUT2D eigenvalue weighted by Gasteiger charge is -2.11. The molecule has 0 radical (unpaired) electrons. The predicted octanol–water partition coefficient (Wildman–Crippen LogP) is 5.80. The molecule has 3 aromatic heterocycles. The second-order valence-corrected chi connectivity index (χ2v) is 10.9. The van der Waals surface area contributed by atoms with Crippen molar-refractivity contribution in [3.63, 3.8) is 0 Å². The van der Waals surface area contributed by atoms with Crippen molar-refractivity contribution in [3.8, 4) is 11.3 Å². The van der Waals surface area contributed by atoms with Crippen LogP contribution in [-0.4, -0.2) is 27.9 Å². The van der Waals surface area contributed by atoms with Gasteiger partial charge in [-0.15, -0.1) is 0 Å². The van der Waals surface area contributed by atoms with Gasteiger partial charge in [-0.1, -0.05) is 37.3 Å². The average molecular weight is 491 g/mol. The van der Waals surface area contributed by atoms with E-state index in [0.29, 0.717) is 17.8 Å². The van der Waals surface area contributed by atoms with Gasteiger partial charge >= 0.3 is 0 Å². The number of imidazole rings is 1. The molecule has 0 saturated carbocycles. The monoisotopic (exact) mass is 490 g/mol. The number of hydrogen-bond donors (Lipinski definition) is 0. The number of nitrogens with zero attached hydrogens (tertiary/aromatic N) is 4. The summed E-state index contributed by atoms with van der Waals surface area (Å²) in [6.45, 7) is 6.83. The van der Waals surface area contributed by atoms with Gasteiger partial charge in [-0.2, -0.15) is 0 Å². The molecule has 0 aliphatic carbocycles. The van der Waals surface area contributed by atoms with Crippen LogP contribution < -0.4 is 0 Å². The van der Waals surface area contributed by atoms with E-state index < -0.39 is 9.05 Å². The summed E-state index contributed by atoms with van der Waals surface area (Å²) in [6, 6.07) is 18.6. The number of rotatable bonds is 5. The van der Waals surface area contributed by atoms with Crippen LogP contribution >= 0.6 is 10.7 Å². The van der Waals surface area contributed by atoms with Crippen LogP contribution in [-0.2, 0) is 22.0 Å². The zero-order valence-corrected chi connectivity index (χ0v) is 20.7. The molecular formula is C26H23ClN4O2S. The first kappa shape index (κ1) is 22.5. The Labute approximate surface area is 202 Å². The van der Waals surface area contributed by atoms with E-state index in [1.807, 2.05) is 31.2 Å². The lowest BCUT2D eigenvalue weighted by Crippen LogP contribution is -2.05. The molecule has 172 valence electrons. The summed E-state index contributed by atoms with van der Waals surface area (Å²) in [5, 5.41) is 0.968. The fourth-order valence-corrected chi connectivity index (χ4v) is 5.46. The van der Waals surface area contributed by atoms with Crippen molar-refractivity contribution in [3.05, 3.63) is 83.3 Å². The number of halogens is 1. The average Bonchev–Trinajstić information content (AvgIpc) is 3.16. The smallest absolute Gasteiger partial charge is 0.261 e. The van der Waals surface area contributed by atoms with Gasteiger partial charge < -0.3 is 4.57 Å². The van der Waals surface area contributed by atoms with E-state index in [0.717, 1.165) is 51.1 Å². The Balaban J connectivity index is 1.55. The van der Waals surface area contributed by atoms with Gasteiger partial charge in [0.05, 0.1) is 22.7 Å². The summed E-state index contributed by atoms with van der Waals surface area (Å²) in [5.41, 5.74) is 6.89. The maximum atomic E-state index is 12.0. The van der Waals surface area contributed by atoms with Crippen LogP contribution in [0.1, 0.15) is 29.6 Å². The zero-order chi connectivity index (χ0) is 24.0. The highest BCUT2D eigenvalue weighted by Crippen LogP contribution is 2.30. The maximum absolute atomic E-state index is 12.0. The maximum Gasteiger partial charge on any atom is 0.261 e. The molecule has 3 heterocycles. The van der Waals surface area contributed by atoms with Crippen molar-refractivity contribution in [2.24, 2.45) is 0 Å². The molecule has 8 heteroatoms. The highest BCUT2D eigenvalue weighted by atomic mass is 35.7. The Bertz CT molecular complexity index is 1680. The minimum absolute atomic E-state index is 0.0531. The third kappa shape index (κ3) is 4.06. The molecule has 0 amide bonds. The number of fused-ring (bicyclic) bond motifs is 2. The molecule has 0 fully saturated rings. The number of aryl methyl sites for hydroxylation is 3. The SMILES string of the molecule is CCc1nc2c(C)cc(C)nc2n1Cc1ccc2nc(-c3ccccc3S(=O)(=O)Cl)ccc2c1. The van der Waals surface area contributed by atoms with E-state index in [2.05, 4.69) is 30.5 Å². The van der Waals surface area contributed by atoms with Crippen LogP contribution in [0.4, 0.5) is 0 Å². The van der Waals surface area contributed by atoms with Gasteiger partial charge in [-0.25, -0.2) is 23.4 Å². The van der Waals surface area contributed by atoms with Crippen molar-refractivity contribution in [2.45, 2.75) is 38.6 Å². The van der Waals surface area contributed by atoms with Gasteiger partial charge in [0.25, 0.3) is 9.05 Å². The summed E-state index contributed by atoms with van der Waals surface area (Å²) >= 11 is 0. The molecule has 5 rings (SSSR count). The van der Waals surface area contributed by atoms with E-state index in [-0.39, 0.29) is 4.90 Å². The first-order chi connectivity index (χ1) is 16.2. The summed E-state index contributed by atoms with van der Waals surface area (Å²) < 4.78 is 26.2. The molecule has 0 atom stereocenters. The zero-order valence-electron chi connectivity index (χ0n) is 19.1. The third-order valence-electron chi connectivity index (χ3n) is 5.94. The number of hydrogen-bond acceptors (Lipinski definition) is 5. The van der Waals surface area contributed by atoms with Gasteiger partial charge in [0, 0.05) is 33.7 Å². The second-order valence-electron chi connectivity index (χ2n) is 8.38. The van der Waals surface area contributed by atoms with Crippen LogP contribution in [0.3, 0.4) is 0 Å². The molecule has 2 aromatic carbocycles. The molecule has 0 unspecified atom stereocenters. The Morgan fingerprint density at radius 3 is 2.50 bits per heavy atom. The van der Waals surface area contributed by atoms with Crippen LogP contribution in [0.5, 0.6) is 0 Å². The molecule has 0 spiro atoms. The fourth-order valence-electron chi connectivity index (χ4n) is 4.38. The summed E-state index contributed by atoms with van der Waals surface area (Å²) in [6.07, 6.45) is 0.816. The van der Waals surface area contributed by atoms with E-state index in [1.165, 1.54) is 6.07 Å². The number of aromatic nitrogens is 4. The highest BCUT2D eigenvalue weighted by Gasteiger charge is 2.18. The second kappa shape index (κ2) is 8.49. The minimum atomic E-state index is -3.88. The van der Waals surface area contributed by atoms with Crippen LogP contribution in [0, 0.1) is 13.8 Å². The number of pyridine rings is 2. The van der Waals surface area contributed by atoms with Gasteiger partial charge in [-0.05, 0) is 55.3 Å². The lowest BCUT2D eigenvalue weighted by atomic mass is 10.1. The number of benzene rings is 2. The quantitative estimate of drug-likeness (QED) is 0.291. The summed E-state index contributed by atoms with van der Waals surface area (Å²) in [5.74, 6) is 1.00. The Morgan fingerprint density at radius 1 is 0.941 bits per heavy atom. The van der Waals surface area contributed by atoms with E-state index in [9.17, 15) is 8.42 Å². The fraction of sp³-hybridized carbons (Fsp3) is 0.192. The van der Waals surface area contributed by atoms with Gasteiger partial charge in [0.1, 0.15) is 11.3 Å². The molecule has 0 N–H and O–H groups in total. The Morgan fingerprint density at radius 2 is 1.74 bits per heavy atom. The highest BCUT2D eigenvalue weighted by molar-refractivity contribution is 8.13. The van der Waals surface area contributed by atoms with Crippen LogP contribution in [0.25, 0.3) is 33.3 Å². The van der Waals surface area contributed by atoms with Crippen molar-refractivity contribution >= 4 is 41.8 Å². The van der Waals surface area contributed by atoms with Gasteiger partial charge in [-0.3, -0.25) is 0 Å². The summed E-state index contributed by atoms with van der Waals surface area (Å²) in [4.78, 5) is 14.4. The van der Waals surface area contributed by atoms with Gasteiger partial charge in [0.15, 0.2) is 5.65 Å². The molecule has 0 saturated heterocycles. The standard InChI is InChI=1S/C26H23ClN4O2S/c1-4-24-30-25-16(2)13-17(3)28-26(25)31(24)15-18-9-11-21-19(14-18)10-12-22(29-21)20-7-5-6-8-23(20)34(27,32)33/h5-14H,4,15H2,1-3H3. The normalized spacial score (nSPS) is 12.0. The topological polar surface area (TPSA) is 77.7 Å². The molecule has 5 aromatic rings. The predicted molar refractivity (Wildman–Crippen MR) is 136 cm³/mol.